The van der Waals surface area contributed by atoms with E-state index in [0.29, 0.717) is 5.56 Å². The predicted molar refractivity (Wildman–Crippen MR) is 135 cm³/mol. The topological polar surface area (TPSA) is 53.0 Å². The Morgan fingerprint density at radius 3 is 2.74 bits per heavy atom. The summed E-state index contributed by atoms with van der Waals surface area (Å²) in [6.07, 6.45) is 7.39. The Morgan fingerprint density at radius 2 is 1.94 bits per heavy atom. The van der Waals surface area contributed by atoms with Crippen molar-refractivity contribution in [3.63, 3.8) is 0 Å². The third-order valence-electron chi connectivity index (χ3n) is 7.05. The number of nitriles is 1. The standard InChI is InChI=1S/C28H28N6/c1-31(2)16-21-9-11-32(17-21)25-7-8-26-24(13-25)19-33-18-23(22-5-3-20(15-29)4-6-22)14-27(33)28-30-10-12-34(26)28/h3-8,10,12-14,18,21H,9,11,16-17,19H2,1-2H3/t21-/m1/s1. The van der Waals surface area contributed by atoms with Crippen LogP contribution >= 0.6 is 0 Å². The molecule has 1 atom stereocenters. The highest BCUT2D eigenvalue weighted by Crippen LogP contribution is 2.36. The fourth-order valence-electron chi connectivity index (χ4n) is 5.46. The first-order valence-corrected chi connectivity index (χ1v) is 11.9. The van der Waals surface area contributed by atoms with Crippen LogP contribution in [0.15, 0.2) is 67.1 Å². The predicted octanol–water partition coefficient (Wildman–Crippen LogP) is 4.63. The van der Waals surface area contributed by atoms with Gasteiger partial charge in [-0.1, -0.05) is 12.1 Å². The smallest absolute Gasteiger partial charge is 0.161 e. The zero-order valence-corrected chi connectivity index (χ0v) is 19.6. The van der Waals surface area contributed by atoms with Crippen LogP contribution in [0.5, 0.6) is 0 Å². The lowest BCUT2D eigenvalue weighted by Gasteiger charge is -2.22. The zero-order valence-electron chi connectivity index (χ0n) is 19.6. The molecule has 34 heavy (non-hydrogen) atoms. The molecule has 0 unspecified atom stereocenters. The molecule has 2 aliphatic heterocycles. The second kappa shape index (κ2) is 8.19. The molecule has 1 fully saturated rings. The molecular formula is C28H28N6. The Labute approximate surface area is 200 Å². The van der Waals surface area contributed by atoms with Crippen molar-refractivity contribution < 1.29 is 0 Å². The quantitative estimate of drug-likeness (QED) is 0.402. The number of hydrogen-bond donors (Lipinski definition) is 0. The number of imidazole rings is 1. The number of rotatable bonds is 4. The third kappa shape index (κ3) is 3.59. The average molecular weight is 449 g/mol. The molecular weight excluding hydrogens is 420 g/mol. The van der Waals surface area contributed by atoms with Gasteiger partial charge in [-0.15, -0.1) is 0 Å². The summed E-state index contributed by atoms with van der Waals surface area (Å²) in [7, 11) is 4.32. The molecule has 0 radical (unpaired) electrons. The van der Waals surface area contributed by atoms with Gasteiger partial charge in [-0.05, 0) is 74.0 Å². The lowest BCUT2D eigenvalue weighted by atomic mass is 10.1. The molecule has 2 aliphatic rings. The van der Waals surface area contributed by atoms with E-state index < -0.39 is 0 Å². The molecule has 6 rings (SSSR count). The van der Waals surface area contributed by atoms with Gasteiger partial charge in [0.1, 0.15) is 0 Å². The molecule has 6 heteroatoms. The third-order valence-corrected chi connectivity index (χ3v) is 7.05. The Bertz CT molecular complexity index is 1390. The van der Waals surface area contributed by atoms with Crippen LogP contribution in [0.1, 0.15) is 17.5 Å². The Balaban J connectivity index is 1.36. The number of anilines is 1. The van der Waals surface area contributed by atoms with Crippen molar-refractivity contribution >= 4 is 5.69 Å². The van der Waals surface area contributed by atoms with Crippen molar-refractivity contribution in [1.82, 2.24) is 19.0 Å². The summed E-state index contributed by atoms with van der Waals surface area (Å²) >= 11 is 0. The van der Waals surface area contributed by atoms with E-state index in [1.165, 1.54) is 23.4 Å². The summed E-state index contributed by atoms with van der Waals surface area (Å²) in [4.78, 5) is 9.54. The molecule has 0 amide bonds. The van der Waals surface area contributed by atoms with Crippen molar-refractivity contribution in [2.45, 2.75) is 13.0 Å². The SMILES string of the molecule is CN(C)C[C@H]1CCN(c2ccc3c(c2)Cn2cc(-c4ccc(C#N)cc4)cc2-c2nccn2-3)C1. The molecule has 2 aromatic heterocycles. The minimum Gasteiger partial charge on any atom is -0.371 e. The van der Waals surface area contributed by atoms with Crippen LogP contribution < -0.4 is 4.90 Å². The summed E-state index contributed by atoms with van der Waals surface area (Å²) in [6, 6.07) is 19.1. The van der Waals surface area contributed by atoms with Crippen molar-refractivity contribution in [3.8, 4) is 34.4 Å². The normalized spacial score (nSPS) is 16.6. The van der Waals surface area contributed by atoms with E-state index in [1.807, 2.05) is 30.5 Å². The van der Waals surface area contributed by atoms with Crippen LogP contribution in [-0.2, 0) is 6.54 Å². The van der Waals surface area contributed by atoms with Gasteiger partial charge in [0.15, 0.2) is 5.82 Å². The highest BCUT2D eigenvalue weighted by molar-refractivity contribution is 5.72. The van der Waals surface area contributed by atoms with Gasteiger partial charge in [0, 0.05) is 56.0 Å². The van der Waals surface area contributed by atoms with Crippen LogP contribution in [0.2, 0.25) is 0 Å². The average Bonchev–Trinajstić information content (AvgIpc) is 3.57. The molecule has 4 aromatic rings. The first kappa shape index (κ1) is 20.8. The highest BCUT2D eigenvalue weighted by atomic mass is 15.2. The largest absolute Gasteiger partial charge is 0.371 e. The summed E-state index contributed by atoms with van der Waals surface area (Å²) in [5.41, 5.74) is 7.84. The fraction of sp³-hybridized carbons (Fsp3) is 0.286. The van der Waals surface area contributed by atoms with E-state index in [4.69, 9.17) is 10.2 Å². The zero-order chi connectivity index (χ0) is 23.2. The second-order valence-electron chi connectivity index (χ2n) is 9.73. The van der Waals surface area contributed by atoms with Crippen molar-refractivity contribution in [2.75, 3.05) is 38.6 Å². The Morgan fingerprint density at radius 1 is 1.09 bits per heavy atom. The minimum atomic E-state index is 0.677. The number of fused-ring (bicyclic) bond motifs is 5. The number of aromatic nitrogens is 3. The molecule has 0 spiro atoms. The highest BCUT2D eigenvalue weighted by Gasteiger charge is 2.25. The van der Waals surface area contributed by atoms with E-state index in [-0.39, 0.29) is 0 Å². The minimum absolute atomic E-state index is 0.677. The van der Waals surface area contributed by atoms with Gasteiger partial charge in [-0.3, -0.25) is 4.57 Å². The molecule has 2 aromatic carbocycles. The maximum atomic E-state index is 9.12. The van der Waals surface area contributed by atoms with Crippen LogP contribution in [0.4, 0.5) is 5.69 Å². The second-order valence-corrected chi connectivity index (χ2v) is 9.73. The van der Waals surface area contributed by atoms with E-state index in [0.717, 1.165) is 54.7 Å². The molecule has 170 valence electrons. The van der Waals surface area contributed by atoms with E-state index in [1.54, 1.807) is 0 Å². The van der Waals surface area contributed by atoms with Crippen molar-refractivity contribution in [2.24, 2.45) is 5.92 Å². The van der Waals surface area contributed by atoms with E-state index >= 15 is 0 Å². The molecule has 0 aliphatic carbocycles. The molecule has 6 nitrogen and oxygen atoms in total. The van der Waals surface area contributed by atoms with Gasteiger partial charge in [0.25, 0.3) is 0 Å². The van der Waals surface area contributed by atoms with Gasteiger partial charge in [-0.25, -0.2) is 4.98 Å². The lowest BCUT2D eigenvalue weighted by Crippen LogP contribution is -2.25. The Hall–Kier alpha value is -3.82. The van der Waals surface area contributed by atoms with Crippen LogP contribution in [0.25, 0.3) is 28.3 Å². The number of nitrogens with zero attached hydrogens (tertiary/aromatic N) is 6. The number of benzene rings is 2. The van der Waals surface area contributed by atoms with Crippen molar-refractivity contribution in [3.05, 3.63) is 78.2 Å². The maximum Gasteiger partial charge on any atom is 0.161 e. The summed E-state index contributed by atoms with van der Waals surface area (Å²) in [5.74, 6) is 1.68. The van der Waals surface area contributed by atoms with E-state index in [9.17, 15) is 0 Å². The van der Waals surface area contributed by atoms with E-state index in [2.05, 4.69) is 75.8 Å². The molecule has 0 bridgehead atoms. The Kier molecular flexibility index (Phi) is 5.00. The summed E-state index contributed by atoms with van der Waals surface area (Å²) in [5, 5.41) is 9.12. The molecule has 1 saturated heterocycles. The number of hydrogen-bond acceptors (Lipinski definition) is 4. The molecule has 0 saturated carbocycles. The van der Waals surface area contributed by atoms with Gasteiger partial charge in [0.05, 0.1) is 23.0 Å². The van der Waals surface area contributed by atoms with Crippen LogP contribution in [0.3, 0.4) is 0 Å². The maximum absolute atomic E-state index is 9.12. The van der Waals surface area contributed by atoms with Gasteiger partial charge < -0.3 is 14.4 Å². The molecule has 0 N–H and O–H groups in total. The first-order chi connectivity index (χ1) is 16.6. The summed E-state index contributed by atoms with van der Waals surface area (Å²) in [6.45, 7) is 4.17. The van der Waals surface area contributed by atoms with Gasteiger partial charge in [0.2, 0.25) is 0 Å². The van der Waals surface area contributed by atoms with Gasteiger partial charge >= 0.3 is 0 Å². The van der Waals surface area contributed by atoms with Gasteiger partial charge in [-0.2, -0.15) is 5.26 Å². The summed E-state index contributed by atoms with van der Waals surface area (Å²) < 4.78 is 4.51. The monoisotopic (exact) mass is 448 g/mol. The van der Waals surface area contributed by atoms with Crippen LogP contribution in [0, 0.1) is 17.2 Å². The molecule has 4 heterocycles. The van der Waals surface area contributed by atoms with Crippen LogP contribution in [-0.4, -0.2) is 52.7 Å². The van der Waals surface area contributed by atoms with Crippen molar-refractivity contribution in [1.29, 1.82) is 5.26 Å². The fourth-order valence-corrected chi connectivity index (χ4v) is 5.46. The first-order valence-electron chi connectivity index (χ1n) is 11.9. The lowest BCUT2D eigenvalue weighted by molar-refractivity contribution is 0.340.